The molecule has 0 spiro atoms. The number of hydrogen-bond donors (Lipinski definition) is 1. The first-order valence-electron chi connectivity index (χ1n) is 6.28. The van der Waals surface area contributed by atoms with Gasteiger partial charge < -0.3 is 15.2 Å². The maximum atomic E-state index is 5.90. The Kier molecular flexibility index (Phi) is 4.55. The van der Waals surface area contributed by atoms with Gasteiger partial charge in [0.15, 0.2) is 0 Å². The first-order chi connectivity index (χ1) is 8.66. The molecule has 0 unspecified atom stereocenters. The Bertz CT molecular complexity index is 428. The van der Waals surface area contributed by atoms with Gasteiger partial charge in [-0.15, -0.1) is 0 Å². The molecule has 1 aliphatic rings. The summed E-state index contributed by atoms with van der Waals surface area (Å²) in [6.45, 7) is 4.47. The molecule has 1 heterocycles. The van der Waals surface area contributed by atoms with E-state index in [1.165, 1.54) is 0 Å². The summed E-state index contributed by atoms with van der Waals surface area (Å²) in [6, 6.07) is 5.85. The number of nitrogens with two attached hydrogens (primary N) is 1. The van der Waals surface area contributed by atoms with Crippen LogP contribution in [0.2, 0.25) is 0 Å². The topological polar surface area (TPSA) is 44.5 Å². The fourth-order valence-corrected chi connectivity index (χ4v) is 2.16. The molecule has 0 saturated carbocycles. The highest BCUT2D eigenvalue weighted by atomic mass is 32.1. The summed E-state index contributed by atoms with van der Waals surface area (Å²) in [5, 5.41) is 0. The summed E-state index contributed by atoms with van der Waals surface area (Å²) in [5.74, 6) is 1.47. The molecular weight excluding hydrogens is 246 g/mol. The molecule has 18 heavy (non-hydrogen) atoms. The zero-order chi connectivity index (χ0) is 13.0. The fraction of sp³-hybridized carbons (Fsp3) is 0.500. The molecule has 1 aromatic carbocycles. The van der Waals surface area contributed by atoms with Gasteiger partial charge in [-0.3, -0.25) is 0 Å². The van der Waals surface area contributed by atoms with Gasteiger partial charge in [-0.1, -0.05) is 24.4 Å². The van der Waals surface area contributed by atoms with E-state index in [4.69, 9.17) is 27.4 Å². The third kappa shape index (κ3) is 3.43. The first-order valence-corrected chi connectivity index (χ1v) is 6.68. The van der Waals surface area contributed by atoms with E-state index in [1.807, 2.05) is 25.1 Å². The molecule has 3 nitrogen and oxygen atoms in total. The average Bonchev–Trinajstić information content (AvgIpc) is 2.38. The minimum absolute atomic E-state index is 0.408. The largest absolute Gasteiger partial charge is 0.493 e. The predicted molar refractivity (Wildman–Crippen MR) is 76.1 cm³/mol. The zero-order valence-electron chi connectivity index (χ0n) is 10.6. The van der Waals surface area contributed by atoms with Crippen LogP contribution in [-0.4, -0.2) is 24.8 Å². The second-order valence-electron chi connectivity index (χ2n) is 4.71. The quantitative estimate of drug-likeness (QED) is 0.849. The van der Waals surface area contributed by atoms with Gasteiger partial charge in [0.1, 0.15) is 10.7 Å². The lowest BCUT2D eigenvalue weighted by Crippen LogP contribution is -2.21. The number of aryl methyl sites for hydroxylation is 1. The molecule has 0 atom stereocenters. The number of hydrogen-bond acceptors (Lipinski definition) is 3. The van der Waals surface area contributed by atoms with Crippen molar-refractivity contribution in [3.63, 3.8) is 0 Å². The Morgan fingerprint density at radius 2 is 2.17 bits per heavy atom. The molecule has 1 fully saturated rings. The molecule has 2 N–H and O–H groups in total. The van der Waals surface area contributed by atoms with Crippen molar-refractivity contribution in [1.29, 1.82) is 0 Å². The summed E-state index contributed by atoms with van der Waals surface area (Å²) in [6.07, 6.45) is 2.15. The predicted octanol–water partition coefficient (Wildman–Crippen LogP) is 2.43. The van der Waals surface area contributed by atoms with Crippen molar-refractivity contribution in [1.82, 2.24) is 0 Å². The van der Waals surface area contributed by atoms with Crippen LogP contribution >= 0.6 is 12.2 Å². The summed E-state index contributed by atoms with van der Waals surface area (Å²) < 4.78 is 11.2. The van der Waals surface area contributed by atoms with E-state index < -0.39 is 0 Å². The summed E-state index contributed by atoms with van der Waals surface area (Å²) >= 11 is 4.98. The normalized spacial score (nSPS) is 16.5. The van der Waals surface area contributed by atoms with Crippen molar-refractivity contribution >= 4 is 17.2 Å². The van der Waals surface area contributed by atoms with Gasteiger partial charge >= 0.3 is 0 Å². The third-order valence-electron chi connectivity index (χ3n) is 3.29. The molecule has 0 radical (unpaired) electrons. The lowest BCUT2D eigenvalue weighted by molar-refractivity contribution is 0.0496. The molecule has 98 valence electrons. The number of ether oxygens (including phenoxy) is 2. The van der Waals surface area contributed by atoms with Gasteiger partial charge in [0.05, 0.1) is 6.61 Å². The standard InChI is InChI=1S/C14H19NO2S/c1-10-2-3-12(14(15)18)8-13(10)17-9-11-4-6-16-7-5-11/h2-3,8,11H,4-7,9H2,1H3,(H2,15,18). The van der Waals surface area contributed by atoms with Crippen LogP contribution in [0.4, 0.5) is 0 Å². The van der Waals surface area contributed by atoms with E-state index in [0.717, 1.165) is 49.5 Å². The summed E-state index contributed by atoms with van der Waals surface area (Å²) in [7, 11) is 0. The third-order valence-corrected chi connectivity index (χ3v) is 3.52. The molecule has 1 aliphatic heterocycles. The van der Waals surface area contributed by atoms with Crippen LogP contribution in [0.1, 0.15) is 24.0 Å². The monoisotopic (exact) mass is 265 g/mol. The lowest BCUT2D eigenvalue weighted by atomic mass is 10.0. The van der Waals surface area contributed by atoms with E-state index in [9.17, 15) is 0 Å². The van der Waals surface area contributed by atoms with Crippen LogP contribution in [0.3, 0.4) is 0 Å². The molecule has 4 heteroatoms. The smallest absolute Gasteiger partial charge is 0.122 e. The zero-order valence-corrected chi connectivity index (χ0v) is 11.5. The van der Waals surface area contributed by atoms with Gasteiger partial charge in [0.2, 0.25) is 0 Å². The van der Waals surface area contributed by atoms with E-state index in [1.54, 1.807) is 0 Å². The van der Waals surface area contributed by atoms with Crippen molar-refractivity contribution in [2.45, 2.75) is 19.8 Å². The highest BCUT2D eigenvalue weighted by molar-refractivity contribution is 7.80. The Morgan fingerprint density at radius 3 is 2.83 bits per heavy atom. The van der Waals surface area contributed by atoms with Crippen molar-refractivity contribution in [2.75, 3.05) is 19.8 Å². The molecule has 0 aliphatic carbocycles. The van der Waals surface area contributed by atoms with Crippen molar-refractivity contribution in [3.8, 4) is 5.75 Å². The first kappa shape index (κ1) is 13.3. The molecule has 1 aromatic rings. The Hall–Kier alpha value is -1.13. The maximum Gasteiger partial charge on any atom is 0.122 e. The molecule has 0 aromatic heterocycles. The van der Waals surface area contributed by atoms with Crippen molar-refractivity contribution in [2.24, 2.45) is 11.7 Å². The van der Waals surface area contributed by atoms with Gasteiger partial charge in [0, 0.05) is 18.8 Å². The lowest BCUT2D eigenvalue weighted by Gasteiger charge is -2.22. The van der Waals surface area contributed by atoms with Crippen LogP contribution in [0, 0.1) is 12.8 Å². The molecule has 1 saturated heterocycles. The Labute approximate surface area is 113 Å². The number of benzene rings is 1. The molecule has 0 bridgehead atoms. The minimum atomic E-state index is 0.408. The molecule has 0 amide bonds. The highest BCUT2D eigenvalue weighted by Gasteiger charge is 2.15. The SMILES string of the molecule is Cc1ccc(C(N)=S)cc1OCC1CCOCC1. The van der Waals surface area contributed by atoms with Gasteiger partial charge in [0.25, 0.3) is 0 Å². The molecule has 2 rings (SSSR count). The summed E-state index contributed by atoms with van der Waals surface area (Å²) in [4.78, 5) is 0.408. The van der Waals surface area contributed by atoms with Gasteiger partial charge in [-0.25, -0.2) is 0 Å². The minimum Gasteiger partial charge on any atom is -0.493 e. The van der Waals surface area contributed by atoms with Crippen LogP contribution < -0.4 is 10.5 Å². The van der Waals surface area contributed by atoms with Gasteiger partial charge in [-0.05, 0) is 37.3 Å². The van der Waals surface area contributed by atoms with E-state index >= 15 is 0 Å². The Balaban J connectivity index is 1.99. The Morgan fingerprint density at radius 1 is 1.44 bits per heavy atom. The highest BCUT2D eigenvalue weighted by Crippen LogP contribution is 2.22. The number of rotatable bonds is 4. The number of thiocarbonyl (C=S) groups is 1. The van der Waals surface area contributed by atoms with E-state index in [-0.39, 0.29) is 0 Å². The molecular formula is C14H19NO2S. The average molecular weight is 265 g/mol. The second kappa shape index (κ2) is 6.16. The van der Waals surface area contributed by atoms with Gasteiger partial charge in [-0.2, -0.15) is 0 Å². The van der Waals surface area contributed by atoms with Crippen LogP contribution in [0.25, 0.3) is 0 Å². The van der Waals surface area contributed by atoms with E-state index in [0.29, 0.717) is 10.9 Å². The van der Waals surface area contributed by atoms with Crippen LogP contribution in [-0.2, 0) is 4.74 Å². The second-order valence-corrected chi connectivity index (χ2v) is 5.15. The van der Waals surface area contributed by atoms with Crippen molar-refractivity contribution in [3.05, 3.63) is 29.3 Å². The van der Waals surface area contributed by atoms with Crippen LogP contribution in [0.15, 0.2) is 18.2 Å². The van der Waals surface area contributed by atoms with E-state index in [2.05, 4.69) is 0 Å². The maximum absolute atomic E-state index is 5.90. The summed E-state index contributed by atoms with van der Waals surface area (Å²) in [5.41, 5.74) is 7.60. The van der Waals surface area contributed by atoms with Crippen molar-refractivity contribution < 1.29 is 9.47 Å². The fourth-order valence-electron chi connectivity index (χ4n) is 2.03. The van der Waals surface area contributed by atoms with Crippen LogP contribution in [0.5, 0.6) is 5.75 Å².